The fourth-order valence-electron chi connectivity index (χ4n) is 5.14. The maximum Gasteiger partial charge on any atom is 0.0205 e. The van der Waals surface area contributed by atoms with Crippen molar-refractivity contribution >= 4 is 0 Å². The molecule has 2 heteroatoms. The molecule has 2 nitrogen and oxygen atoms in total. The Morgan fingerprint density at radius 2 is 1.00 bits per heavy atom. The van der Waals surface area contributed by atoms with E-state index in [4.69, 9.17) is 0 Å². The second-order valence-electron chi connectivity index (χ2n) is 11.0. The third-order valence-electron chi connectivity index (χ3n) is 6.75. The first kappa shape index (κ1) is 25.0. The van der Waals surface area contributed by atoms with Gasteiger partial charge < -0.3 is 10.6 Å². The summed E-state index contributed by atoms with van der Waals surface area (Å²) >= 11 is 0. The average molecular weight is 435 g/mol. The number of nitrogens with one attached hydrogen (secondary N) is 2. The van der Waals surface area contributed by atoms with Crippen LogP contribution in [0.1, 0.15) is 75.6 Å². The Balaban J connectivity index is 1.32. The van der Waals surface area contributed by atoms with Gasteiger partial charge >= 0.3 is 0 Å². The molecule has 2 N–H and O–H groups in total. The lowest BCUT2D eigenvalue weighted by molar-refractivity contribution is 0.252. The molecule has 0 radical (unpaired) electrons. The molecule has 1 aliphatic rings. The smallest absolute Gasteiger partial charge is 0.0205 e. The van der Waals surface area contributed by atoms with Crippen molar-refractivity contribution in [2.45, 2.75) is 79.3 Å². The van der Waals surface area contributed by atoms with E-state index >= 15 is 0 Å². The van der Waals surface area contributed by atoms with Gasteiger partial charge in [0.05, 0.1) is 0 Å². The Bertz CT molecular complexity index is 695. The number of rotatable bonds is 12. The molecule has 176 valence electrons. The molecule has 3 rings (SSSR count). The van der Waals surface area contributed by atoms with E-state index in [0.29, 0.717) is 0 Å². The van der Waals surface area contributed by atoms with Crippen LogP contribution in [0.25, 0.3) is 0 Å². The first-order chi connectivity index (χ1) is 15.5. The SMILES string of the molecule is CC(C)Cc1ccc(CNCC2CCCC(CNCc3ccc(CC(C)C)cc3)C2)cc1. The summed E-state index contributed by atoms with van der Waals surface area (Å²) in [6.45, 7) is 13.4. The van der Waals surface area contributed by atoms with Gasteiger partial charge in [0.15, 0.2) is 0 Å². The van der Waals surface area contributed by atoms with E-state index < -0.39 is 0 Å². The highest BCUT2D eigenvalue weighted by atomic mass is 14.9. The van der Waals surface area contributed by atoms with Gasteiger partial charge in [-0.25, -0.2) is 0 Å². The van der Waals surface area contributed by atoms with Crippen molar-refractivity contribution in [2.75, 3.05) is 13.1 Å². The zero-order valence-electron chi connectivity index (χ0n) is 21.0. The molecule has 1 saturated carbocycles. The summed E-state index contributed by atoms with van der Waals surface area (Å²) in [5, 5.41) is 7.46. The molecule has 0 aliphatic heterocycles. The lowest BCUT2D eigenvalue weighted by Gasteiger charge is -2.29. The van der Waals surface area contributed by atoms with Crippen LogP contribution in [0, 0.1) is 23.7 Å². The van der Waals surface area contributed by atoms with Crippen molar-refractivity contribution in [3.8, 4) is 0 Å². The molecule has 0 heterocycles. The van der Waals surface area contributed by atoms with Crippen LogP contribution in [0.4, 0.5) is 0 Å². The third-order valence-corrected chi connectivity index (χ3v) is 6.75. The van der Waals surface area contributed by atoms with Crippen LogP contribution in [-0.4, -0.2) is 13.1 Å². The van der Waals surface area contributed by atoms with Crippen LogP contribution >= 0.6 is 0 Å². The quantitative estimate of drug-likeness (QED) is 0.385. The van der Waals surface area contributed by atoms with Crippen LogP contribution in [-0.2, 0) is 25.9 Å². The number of hydrogen-bond acceptors (Lipinski definition) is 2. The molecular weight excluding hydrogens is 388 g/mol. The first-order valence-electron chi connectivity index (χ1n) is 13.0. The van der Waals surface area contributed by atoms with Gasteiger partial charge in [-0.3, -0.25) is 0 Å². The topological polar surface area (TPSA) is 24.1 Å². The molecule has 1 aliphatic carbocycles. The van der Waals surface area contributed by atoms with Gasteiger partial charge in [-0.2, -0.15) is 0 Å². The molecule has 0 aromatic heterocycles. The highest BCUT2D eigenvalue weighted by Gasteiger charge is 2.21. The summed E-state index contributed by atoms with van der Waals surface area (Å²) in [6, 6.07) is 18.4. The molecule has 0 saturated heterocycles. The van der Waals surface area contributed by atoms with Gasteiger partial charge in [0.2, 0.25) is 0 Å². The van der Waals surface area contributed by atoms with Crippen molar-refractivity contribution in [3.05, 3.63) is 70.8 Å². The molecule has 32 heavy (non-hydrogen) atoms. The van der Waals surface area contributed by atoms with Gasteiger partial charge in [-0.15, -0.1) is 0 Å². The van der Waals surface area contributed by atoms with E-state index in [1.165, 1.54) is 60.8 Å². The van der Waals surface area contributed by atoms with Crippen molar-refractivity contribution in [1.82, 2.24) is 10.6 Å². The van der Waals surface area contributed by atoms with Gasteiger partial charge in [-0.05, 0) is 91.1 Å². The Morgan fingerprint density at radius 3 is 1.38 bits per heavy atom. The monoisotopic (exact) mass is 434 g/mol. The molecule has 0 bridgehead atoms. The van der Waals surface area contributed by atoms with E-state index in [-0.39, 0.29) is 0 Å². The Morgan fingerprint density at radius 1 is 0.625 bits per heavy atom. The summed E-state index contributed by atoms with van der Waals surface area (Å²) in [5.74, 6) is 3.10. The van der Waals surface area contributed by atoms with E-state index in [1.807, 2.05) is 0 Å². The van der Waals surface area contributed by atoms with E-state index in [1.54, 1.807) is 0 Å². The van der Waals surface area contributed by atoms with Crippen LogP contribution in [0.2, 0.25) is 0 Å². The van der Waals surface area contributed by atoms with Gasteiger partial charge in [0, 0.05) is 13.1 Å². The summed E-state index contributed by atoms with van der Waals surface area (Å²) < 4.78 is 0. The van der Waals surface area contributed by atoms with Gasteiger partial charge in [0.25, 0.3) is 0 Å². The minimum atomic E-state index is 0.725. The standard InChI is InChI=1S/C30H46N2/c1-23(2)16-25-8-12-27(13-9-25)19-31-21-29-6-5-7-30(18-29)22-32-20-28-14-10-26(11-15-28)17-24(3)4/h8-15,23-24,29-32H,5-7,16-22H2,1-4H3. The minimum Gasteiger partial charge on any atom is -0.312 e. The molecule has 0 spiro atoms. The first-order valence-corrected chi connectivity index (χ1v) is 13.0. The predicted octanol–water partition coefficient (Wildman–Crippen LogP) is 6.77. The van der Waals surface area contributed by atoms with Crippen LogP contribution in [0.5, 0.6) is 0 Å². The van der Waals surface area contributed by atoms with Crippen LogP contribution in [0.15, 0.2) is 48.5 Å². The van der Waals surface area contributed by atoms with Crippen molar-refractivity contribution in [3.63, 3.8) is 0 Å². The minimum absolute atomic E-state index is 0.725. The second-order valence-corrected chi connectivity index (χ2v) is 11.0. The summed E-state index contributed by atoms with van der Waals surface area (Å²) in [7, 11) is 0. The molecule has 2 unspecified atom stereocenters. The number of benzene rings is 2. The maximum absolute atomic E-state index is 3.73. The Kier molecular flexibility index (Phi) is 10.3. The van der Waals surface area contributed by atoms with E-state index in [2.05, 4.69) is 86.9 Å². The summed E-state index contributed by atoms with van der Waals surface area (Å²) in [4.78, 5) is 0. The average Bonchev–Trinajstić information content (AvgIpc) is 2.76. The van der Waals surface area contributed by atoms with Crippen LogP contribution < -0.4 is 10.6 Å². The van der Waals surface area contributed by atoms with Gasteiger partial charge in [-0.1, -0.05) is 82.6 Å². The fraction of sp³-hybridized carbons (Fsp3) is 0.600. The van der Waals surface area contributed by atoms with E-state index in [9.17, 15) is 0 Å². The van der Waals surface area contributed by atoms with Crippen LogP contribution in [0.3, 0.4) is 0 Å². The van der Waals surface area contributed by atoms with Crippen molar-refractivity contribution in [2.24, 2.45) is 23.7 Å². The summed E-state index contributed by atoms with van der Waals surface area (Å²) in [5.41, 5.74) is 5.73. The largest absolute Gasteiger partial charge is 0.312 e. The Hall–Kier alpha value is -1.64. The Labute approximate surface area is 197 Å². The lowest BCUT2D eigenvalue weighted by Crippen LogP contribution is -2.31. The predicted molar refractivity (Wildman–Crippen MR) is 139 cm³/mol. The zero-order chi connectivity index (χ0) is 22.8. The summed E-state index contributed by atoms with van der Waals surface area (Å²) in [6.07, 6.45) is 7.86. The molecule has 0 amide bonds. The van der Waals surface area contributed by atoms with Crippen molar-refractivity contribution < 1.29 is 0 Å². The highest BCUT2D eigenvalue weighted by molar-refractivity contribution is 5.23. The molecule has 2 atom stereocenters. The third kappa shape index (κ3) is 9.08. The second kappa shape index (κ2) is 13.2. The van der Waals surface area contributed by atoms with Crippen molar-refractivity contribution in [1.29, 1.82) is 0 Å². The molecule has 1 fully saturated rings. The fourth-order valence-corrected chi connectivity index (χ4v) is 5.14. The van der Waals surface area contributed by atoms with Gasteiger partial charge in [0.1, 0.15) is 0 Å². The normalized spacial score (nSPS) is 19.1. The number of hydrogen-bond donors (Lipinski definition) is 2. The lowest BCUT2D eigenvalue weighted by atomic mass is 9.81. The highest BCUT2D eigenvalue weighted by Crippen LogP contribution is 2.28. The molecule has 2 aromatic rings. The van der Waals surface area contributed by atoms with E-state index in [0.717, 1.165) is 49.9 Å². The molecule has 2 aromatic carbocycles. The zero-order valence-corrected chi connectivity index (χ0v) is 21.0. The molecular formula is C30H46N2. The maximum atomic E-state index is 3.73.